The van der Waals surface area contributed by atoms with Crippen molar-refractivity contribution in [2.75, 3.05) is 14.2 Å². The number of carbonyl (C=O) groups excluding carboxylic acids is 1. The van der Waals surface area contributed by atoms with Crippen molar-refractivity contribution in [3.8, 4) is 0 Å². The first-order valence-corrected chi connectivity index (χ1v) is 4.36. The summed E-state index contributed by atoms with van der Waals surface area (Å²) in [5, 5.41) is 1.30. The van der Waals surface area contributed by atoms with E-state index in [-0.39, 0.29) is 11.8 Å². The molecule has 3 nitrogen and oxygen atoms in total. The molecule has 0 aromatic heterocycles. The highest BCUT2D eigenvalue weighted by molar-refractivity contribution is 5.77. The highest BCUT2D eigenvalue weighted by Crippen LogP contribution is 2.16. The zero-order chi connectivity index (χ0) is 9.72. The van der Waals surface area contributed by atoms with Crippen LogP contribution >= 0.6 is 0 Å². The summed E-state index contributed by atoms with van der Waals surface area (Å²) in [5.74, 6) is 0.519. The summed E-state index contributed by atoms with van der Waals surface area (Å²) >= 11 is 0. The fourth-order valence-corrected chi connectivity index (χ4v) is 1.25. The molecule has 0 rings (SSSR count). The molecule has 12 heavy (non-hydrogen) atoms. The van der Waals surface area contributed by atoms with Gasteiger partial charge >= 0.3 is 0 Å². The number of hydrogen-bond acceptors (Lipinski definition) is 2. The van der Waals surface area contributed by atoms with Crippen molar-refractivity contribution in [3.05, 3.63) is 0 Å². The van der Waals surface area contributed by atoms with Crippen LogP contribution in [-0.4, -0.2) is 25.1 Å². The minimum Gasteiger partial charge on any atom is -0.275 e. The second-order valence-electron chi connectivity index (χ2n) is 3.28. The third-order valence-corrected chi connectivity index (χ3v) is 2.15. The Morgan fingerprint density at radius 1 is 1.50 bits per heavy atom. The topological polar surface area (TPSA) is 29.5 Å². The third kappa shape index (κ3) is 2.81. The van der Waals surface area contributed by atoms with Gasteiger partial charge in [0.05, 0.1) is 7.11 Å². The lowest BCUT2D eigenvalue weighted by molar-refractivity contribution is -0.175. The maximum absolute atomic E-state index is 11.5. The van der Waals surface area contributed by atoms with Gasteiger partial charge in [0, 0.05) is 13.0 Å². The number of carbonyl (C=O) groups is 1. The normalized spacial score (nSPS) is 13.2. The van der Waals surface area contributed by atoms with Gasteiger partial charge in [-0.05, 0) is 12.3 Å². The van der Waals surface area contributed by atoms with Crippen molar-refractivity contribution in [2.45, 2.75) is 27.2 Å². The molecule has 0 aliphatic rings. The van der Waals surface area contributed by atoms with Gasteiger partial charge in [0.25, 0.3) is 0 Å². The zero-order valence-corrected chi connectivity index (χ0v) is 8.63. The van der Waals surface area contributed by atoms with Gasteiger partial charge in [0.15, 0.2) is 0 Å². The van der Waals surface area contributed by atoms with E-state index in [1.165, 1.54) is 12.2 Å². The van der Waals surface area contributed by atoms with E-state index in [1.807, 2.05) is 6.92 Å². The first-order valence-electron chi connectivity index (χ1n) is 4.36. The van der Waals surface area contributed by atoms with Gasteiger partial charge in [-0.25, -0.2) is 5.06 Å². The van der Waals surface area contributed by atoms with E-state index in [2.05, 4.69) is 13.8 Å². The Balaban J connectivity index is 4.21. The van der Waals surface area contributed by atoms with Gasteiger partial charge in [-0.3, -0.25) is 9.63 Å². The van der Waals surface area contributed by atoms with Crippen molar-refractivity contribution in [1.29, 1.82) is 0 Å². The zero-order valence-electron chi connectivity index (χ0n) is 8.63. The largest absolute Gasteiger partial charge is 0.275 e. The van der Waals surface area contributed by atoms with Crippen LogP contribution in [0.4, 0.5) is 0 Å². The van der Waals surface area contributed by atoms with Gasteiger partial charge in [-0.15, -0.1) is 0 Å². The molecule has 0 aromatic carbocycles. The molecule has 0 unspecified atom stereocenters. The second-order valence-corrected chi connectivity index (χ2v) is 3.28. The number of hydrogen-bond donors (Lipinski definition) is 0. The molecule has 0 bridgehead atoms. The van der Waals surface area contributed by atoms with Crippen LogP contribution in [0.15, 0.2) is 0 Å². The van der Waals surface area contributed by atoms with E-state index < -0.39 is 0 Å². The van der Waals surface area contributed by atoms with E-state index in [0.29, 0.717) is 5.92 Å². The van der Waals surface area contributed by atoms with Crippen LogP contribution in [0.3, 0.4) is 0 Å². The Morgan fingerprint density at radius 3 is 2.25 bits per heavy atom. The lowest BCUT2D eigenvalue weighted by Crippen LogP contribution is -2.34. The van der Waals surface area contributed by atoms with Crippen LogP contribution in [-0.2, 0) is 9.63 Å². The van der Waals surface area contributed by atoms with Crippen LogP contribution in [0.1, 0.15) is 27.2 Å². The van der Waals surface area contributed by atoms with Gasteiger partial charge in [0.1, 0.15) is 0 Å². The predicted molar refractivity (Wildman–Crippen MR) is 48.4 cm³/mol. The fourth-order valence-electron chi connectivity index (χ4n) is 1.25. The average molecular weight is 173 g/mol. The van der Waals surface area contributed by atoms with Crippen molar-refractivity contribution < 1.29 is 9.63 Å². The molecule has 0 aliphatic heterocycles. The van der Waals surface area contributed by atoms with Crippen molar-refractivity contribution in [3.63, 3.8) is 0 Å². The van der Waals surface area contributed by atoms with E-state index >= 15 is 0 Å². The Hall–Kier alpha value is -0.570. The summed E-state index contributed by atoms with van der Waals surface area (Å²) in [6.45, 7) is 6.12. The summed E-state index contributed by atoms with van der Waals surface area (Å²) in [7, 11) is 3.15. The van der Waals surface area contributed by atoms with Crippen LogP contribution < -0.4 is 0 Å². The molecule has 0 aliphatic carbocycles. The maximum atomic E-state index is 11.5. The molecule has 0 saturated carbocycles. The first-order chi connectivity index (χ1) is 5.54. The summed E-state index contributed by atoms with van der Waals surface area (Å²) < 4.78 is 0. The predicted octanol–water partition coefficient (Wildman–Crippen LogP) is 1.69. The molecule has 3 heteroatoms. The van der Waals surface area contributed by atoms with E-state index in [0.717, 1.165) is 6.42 Å². The monoisotopic (exact) mass is 173 g/mol. The molecule has 0 radical (unpaired) electrons. The molecule has 1 amide bonds. The Labute approximate surface area is 74.6 Å². The van der Waals surface area contributed by atoms with Crippen molar-refractivity contribution in [2.24, 2.45) is 11.8 Å². The van der Waals surface area contributed by atoms with E-state index in [4.69, 9.17) is 4.84 Å². The number of nitrogens with zero attached hydrogens (tertiary/aromatic N) is 1. The number of hydroxylamine groups is 2. The Kier molecular flexibility index (Phi) is 4.90. The number of rotatable bonds is 4. The highest BCUT2D eigenvalue weighted by Gasteiger charge is 2.23. The molecule has 0 saturated heterocycles. The van der Waals surface area contributed by atoms with Crippen LogP contribution in [0.2, 0.25) is 0 Å². The van der Waals surface area contributed by atoms with Gasteiger partial charge in [0.2, 0.25) is 5.91 Å². The quantitative estimate of drug-likeness (QED) is 0.605. The van der Waals surface area contributed by atoms with E-state index in [1.54, 1.807) is 7.05 Å². The molecule has 0 aromatic rings. The maximum Gasteiger partial charge on any atom is 0.249 e. The second kappa shape index (κ2) is 5.14. The summed E-state index contributed by atoms with van der Waals surface area (Å²) in [6, 6.07) is 0. The third-order valence-electron chi connectivity index (χ3n) is 2.15. The Bertz CT molecular complexity index is 145. The molecule has 72 valence electrons. The minimum atomic E-state index is 0.0648. The van der Waals surface area contributed by atoms with Crippen LogP contribution in [0.5, 0.6) is 0 Å². The van der Waals surface area contributed by atoms with Crippen LogP contribution in [0, 0.1) is 11.8 Å². The molecular weight excluding hydrogens is 154 g/mol. The fraction of sp³-hybridized carbons (Fsp3) is 0.889. The van der Waals surface area contributed by atoms with Gasteiger partial charge in [-0.1, -0.05) is 20.8 Å². The lowest BCUT2D eigenvalue weighted by atomic mass is 9.92. The highest BCUT2D eigenvalue weighted by atomic mass is 16.7. The van der Waals surface area contributed by atoms with E-state index in [9.17, 15) is 4.79 Å². The molecule has 0 N–H and O–H groups in total. The van der Waals surface area contributed by atoms with Crippen molar-refractivity contribution in [1.82, 2.24) is 5.06 Å². The minimum absolute atomic E-state index is 0.0648. The van der Waals surface area contributed by atoms with Gasteiger partial charge in [-0.2, -0.15) is 0 Å². The Morgan fingerprint density at radius 2 is 2.00 bits per heavy atom. The first kappa shape index (κ1) is 11.4. The molecule has 1 atom stereocenters. The van der Waals surface area contributed by atoms with Gasteiger partial charge < -0.3 is 0 Å². The standard InChI is InChI=1S/C9H19NO2/c1-6-8(7(2)3)9(11)10(4)12-5/h7-8H,6H2,1-5H3/t8-/m0/s1. The summed E-state index contributed by atoms with van der Waals surface area (Å²) in [6.07, 6.45) is 0.865. The average Bonchev–Trinajstić information content (AvgIpc) is 2.03. The van der Waals surface area contributed by atoms with Crippen LogP contribution in [0.25, 0.3) is 0 Å². The summed E-state index contributed by atoms with van der Waals surface area (Å²) in [4.78, 5) is 16.4. The molecule has 0 heterocycles. The summed E-state index contributed by atoms with van der Waals surface area (Å²) in [5.41, 5.74) is 0. The molecule has 0 spiro atoms. The number of amides is 1. The smallest absolute Gasteiger partial charge is 0.249 e. The SMILES string of the molecule is CC[C@H](C(=O)N(C)OC)C(C)C. The molecular formula is C9H19NO2. The van der Waals surface area contributed by atoms with Crippen molar-refractivity contribution >= 4 is 5.91 Å². The lowest BCUT2D eigenvalue weighted by Gasteiger charge is -2.23. The molecule has 0 fully saturated rings.